The molecule has 3 aromatic carbocycles. The minimum Gasteiger partial charge on any atom is -0.492 e. The number of fused-ring (bicyclic) bond motifs is 2. The zero-order chi connectivity index (χ0) is 27.4. The molecule has 3 aliphatic rings. The molecule has 3 aromatic rings. The molecule has 1 saturated heterocycles. The molecular formula is C29H25F2NO7. The fourth-order valence-electron chi connectivity index (χ4n) is 5.34. The van der Waals surface area contributed by atoms with E-state index in [1.54, 1.807) is 19.1 Å². The molecule has 8 nitrogen and oxygen atoms in total. The first-order valence-corrected chi connectivity index (χ1v) is 12.5. The third-order valence-corrected chi connectivity index (χ3v) is 7.48. The second-order valence-electron chi connectivity index (χ2n) is 10.2. The summed E-state index contributed by atoms with van der Waals surface area (Å²) in [4.78, 5) is 25.0. The molecule has 202 valence electrons. The number of hydrogen-bond donors (Lipinski definition) is 2. The summed E-state index contributed by atoms with van der Waals surface area (Å²) in [6.45, 7) is 1.73. The topological polar surface area (TPSA) is 103 Å². The van der Waals surface area contributed by atoms with Crippen LogP contribution in [0.4, 0.5) is 8.78 Å². The molecule has 0 unspecified atom stereocenters. The van der Waals surface area contributed by atoms with Crippen molar-refractivity contribution < 1.29 is 42.4 Å². The van der Waals surface area contributed by atoms with Gasteiger partial charge < -0.3 is 29.4 Å². The second kappa shape index (κ2) is 9.23. The molecule has 4 atom stereocenters. The van der Waals surface area contributed by atoms with Gasteiger partial charge in [0, 0.05) is 17.7 Å². The number of nitrogens with one attached hydrogen (secondary N) is 1. The van der Waals surface area contributed by atoms with Crippen LogP contribution < -0.4 is 19.5 Å². The molecule has 1 amide bonds. The Morgan fingerprint density at radius 3 is 2.15 bits per heavy atom. The van der Waals surface area contributed by atoms with Gasteiger partial charge in [0.05, 0.1) is 17.8 Å². The van der Waals surface area contributed by atoms with Gasteiger partial charge in [-0.15, -0.1) is 8.78 Å². The Kier molecular flexibility index (Phi) is 5.95. The lowest BCUT2D eigenvalue weighted by molar-refractivity contribution is -0.286. The maximum absolute atomic E-state index is 13.7. The third-order valence-electron chi connectivity index (χ3n) is 7.48. The van der Waals surface area contributed by atoms with Crippen molar-refractivity contribution in [3.63, 3.8) is 0 Å². The van der Waals surface area contributed by atoms with Crippen LogP contribution in [0.15, 0.2) is 66.7 Å². The van der Waals surface area contributed by atoms with Gasteiger partial charge in [-0.1, -0.05) is 42.5 Å². The lowest BCUT2D eigenvalue weighted by Gasteiger charge is -2.37. The molecule has 6 rings (SSSR count). The molecule has 10 heteroatoms. The van der Waals surface area contributed by atoms with E-state index in [-0.39, 0.29) is 41.7 Å². The first kappa shape index (κ1) is 25.1. The molecular weight excluding hydrogens is 512 g/mol. The minimum absolute atomic E-state index is 0.0267. The second-order valence-corrected chi connectivity index (χ2v) is 10.2. The molecule has 2 N–H and O–H groups in total. The molecule has 3 heterocycles. The van der Waals surface area contributed by atoms with Crippen LogP contribution in [0.2, 0.25) is 0 Å². The summed E-state index contributed by atoms with van der Waals surface area (Å²) in [6.07, 6.45) is -3.52. The van der Waals surface area contributed by atoms with Crippen molar-refractivity contribution in [2.24, 2.45) is 0 Å². The summed E-state index contributed by atoms with van der Waals surface area (Å²) in [5.74, 6) is -1.33. The Hall–Kier alpha value is -4.18. The SMILES string of the molecule is C[C@]1(C(=O)N[C@H]2C[C@@H](c3ccccc3)O[C@@H](c3ccc(C(=O)O)cc3)C2)COc2cc3c(cc21)OC(F)(F)O3. The Bertz CT molecular complexity index is 1430. The monoisotopic (exact) mass is 537 g/mol. The van der Waals surface area contributed by atoms with Gasteiger partial charge in [0.15, 0.2) is 11.5 Å². The number of alkyl halides is 2. The predicted octanol–water partition coefficient (Wildman–Crippen LogP) is 5.13. The lowest BCUT2D eigenvalue weighted by Crippen LogP contribution is -2.49. The van der Waals surface area contributed by atoms with E-state index in [2.05, 4.69) is 14.8 Å². The lowest BCUT2D eigenvalue weighted by atomic mass is 9.82. The molecule has 0 bridgehead atoms. The van der Waals surface area contributed by atoms with E-state index in [4.69, 9.17) is 9.47 Å². The highest BCUT2D eigenvalue weighted by Gasteiger charge is 2.49. The molecule has 0 aliphatic carbocycles. The molecule has 0 spiro atoms. The number of carboxylic acids is 1. The number of amides is 1. The van der Waals surface area contributed by atoms with E-state index in [9.17, 15) is 23.5 Å². The van der Waals surface area contributed by atoms with Crippen LogP contribution in [-0.4, -0.2) is 35.9 Å². The fraction of sp³-hybridized carbons (Fsp3) is 0.310. The number of aromatic carboxylic acids is 1. The Labute approximate surface area is 222 Å². The summed E-state index contributed by atoms with van der Waals surface area (Å²) < 4.78 is 48.4. The van der Waals surface area contributed by atoms with E-state index in [0.717, 1.165) is 11.1 Å². The van der Waals surface area contributed by atoms with Gasteiger partial charge in [-0.2, -0.15) is 0 Å². The zero-order valence-corrected chi connectivity index (χ0v) is 20.9. The number of benzene rings is 3. The van der Waals surface area contributed by atoms with Crippen LogP contribution in [0, 0.1) is 0 Å². The number of carbonyl (C=O) groups excluding carboxylic acids is 1. The van der Waals surface area contributed by atoms with Crippen LogP contribution in [-0.2, 0) is 14.9 Å². The number of rotatable bonds is 5. The van der Waals surface area contributed by atoms with Crippen molar-refractivity contribution in [2.75, 3.05) is 6.61 Å². The van der Waals surface area contributed by atoms with Crippen molar-refractivity contribution in [3.8, 4) is 17.2 Å². The van der Waals surface area contributed by atoms with Gasteiger partial charge >= 0.3 is 12.3 Å². The van der Waals surface area contributed by atoms with Crippen molar-refractivity contribution in [2.45, 2.75) is 49.7 Å². The summed E-state index contributed by atoms with van der Waals surface area (Å²) in [6, 6.07) is 18.6. The average Bonchev–Trinajstić information content (AvgIpc) is 3.42. The summed E-state index contributed by atoms with van der Waals surface area (Å²) in [5, 5.41) is 12.4. The largest absolute Gasteiger partial charge is 0.586 e. The van der Waals surface area contributed by atoms with Crippen LogP contribution in [0.5, 0.6) is 17.2 Å². The standard InChI is InChI=1S/C29H25F2NO7/c1-28(15-36-23-14-25-24(13-20(23)28)38-29(30,31)39-25)27(35)32-19-11-21(16-5-3-2-4-6-16)37-22(12-19)17-7-9-18(10-8-17)26(33)34/h2-10,13-14,19,21-22H,11-12,15H2,1H3,(H,32,35)(H,33,34)/t19-,21-,22+,28-/m0/s1. The number of ether oxygens (including phenoxy) is 4. The first-order valence-electron chi connectivity index (χ1n) is 12.5. The highest BCUT2D eigenvalue weighted by Crippen LogP contribution is 2.50. The fourth-order valence-corrected chi connectivity index (χ4v) is 5.34. The highest BCUT2D eigenvalue weighted by atomic mass is 19.3. The smallest absolute Gasteiger partial charge is 0.492 e. The maximum Gasteiger partial charge on any atom is 0.586 e. The van der Waals surface area contributed by atoms with Gasteiger partial charge in [0.2, 0.25) is 5.91 Å². The summed E-state index contributed by atoms with van der Waals surface area (Å²) in [7, 11) is 0. The van der Waals surface area contributed by atoms with Crippen LogP contribution >= 0.6 is 0 Å². The molecule has 0 aromatic heterocycles. The van der Waals surface area contributed by atoms with Crippen molar-refractivity contribution >= 4 is 11.9 Å². The third kappa shape index (κ3) is 4.65. The Morgan fingerprint density at radius 1 is 0.897 bits per heavy atom. The van der Waals surface area contributed by atoms with Gasteiger partial charge in [0.1, 0.15) is 17.8 Å². The number of carbonyl (C=O) groups is 2. The molecule has 1 fully saturated rings. The van der Waals surface area contributed by atoms with Gasteiger partial charge in [-0.25, -0.2) is 4.79 Å². The van der Waals surface area contributed by atoms with E-state index >= 15 is 0 Å². The quantitative estimate of drug-likeness (QED) is 0.465. The van der Waals surface area contributed by atoms with Crippen LogP contribution in [0.1, 0.15) is 59.0 Å². The van der Waals surface area contributed by atoms with Crippen molar-refractivity contribution in [1.82, 2.24) is 5.32 Å². The van der Waals surface area contributed by atoms with Gasteiger partial charge in [-0.3, -0.25) is 4.79 Å². The van der Waals surface area contributed by atoms with E-state index < -0.39 is 23.8 Å². The normalized spacial score (nSPS) is 26.4. The Morgan fingerprint density at radius 2 is 1.51 bits per heavy atom. The van der Waals surface area contributed by atoms with E-state index in [1.807, 2.05) is 30.3 Å². The van der Waals surface area contributed by atoms with Gasteiger partial charge in [-0.05, 0) is 49.1 Å². The Balaban J connectivity index is 1.25. The summed E-state index contributed by atoms with van der Waals surface area (Å²) in [5.41, 5.74) is 1.22. The van der Waals surface area contributed by atoms with E-state index in [0.29, 0.717) is 24.2 Å². The maximum atomic E-state index is 13.7. The number of halogens is 2. The highest BCUT2D eigenvalue weighted by molar-refractivity contribution is 5.90. The van der Waals surface area contributed by atoms with Crippen LogP contribution in [0.25, 0.3) is 0 Å². The van der Waals surface area contributed by atoms with Gasteiger partial charge in [0.25, 0.3) is 0 Å². The molecule has 3 aliphatic heterocycles. The average molecular weight is 538 g/mol. The van der Waals surface area contributed by atoms with E-state index in [1.165, 1.54) is 24.3 Å². The minimum atomic E-state index is -3.78. The zero-order valence-electron chi connectivity index (χ0n) is 20.9. The predicted molar refractivity (Wildman–Crippen MR) is 133 cm³/mol. The molecule has 0 radical (unpaired) electrons. The summed E-state index contributed by atoms with van der Waals surface area (Å²) >= 11 is 0. The van der Waals surface area contributed by atoms with Crippen LogP contribution in [0.3, 0.4) is 0 Å². The number of carboxylic acid groups (broad SMARTS) is 1. The first-order chi connectivity index (χ1) is 18.6. The van der Waals surface area contributed by atoms with Crippen molar-refractivity contribution in [1.29, 1.82) is 0 Å². The van der Waals surface area contributed by atoms with Crippen molar-refractivity contribution in [3.05, 3.63) is 89.0 Å². The molecule has 39 heavy (non-hydrogen) atoms. The molecule has 0 saturated carbocycles. The number of hydrogen-bond acceptors (Lipinski definition) is 6.